The zero-order valence-electron chi connectivity index (χ0n) is 21.0. The number of hydrogen-bond acceptors (Lipinski definition) is 6. The Bertz CT molecular complexity index is 1550. The van der Waals surface area contributed by atoms with Gasteiger partial charge in [-0.05, 0) is 57.5 Å². The summed E-state index contributed by atoms with van der Waals surface area (Å²) >= 11 is 19.0. The van der Waals surface area contributed by atoms with Gasteiger partial charge >= 0.3 is 6.09 Å². The molecule has 2 saturated heterocycles. The van der Waals surface area contributed by atoms with Gasteiger partial charge in [0.15, 0.2) is 11.3 Å². The van der Waals surface area contributed by atoms with Crippen molar-refractivity contribution in [3.8, 4) is 16.9 Å². The van der Waals surface area contributed by atoms with Gasteiger partial charge < -0.3 is 14.5 Å². The minimum Gasteiger partial charge on any atom is -0.444 e. The number of hydrogen-bond donors (Lipinski definition) is 0. The van der Waals surface area contributed by atoms with Crippen LogP contribution in [0.4, 0.5) is 10.6 Å². The highest BCUT2D eigenvalue weighted by atomic mass is 35.5. The van der Waals surface area contributed by atoms with Crippen LogP contribution in [0.25, 0.3) is 28.0 Å². The van der Waals surface area contributed by atoms with Gasteiger partial charge in [-0.15, -0.1) is 0 Å². The number of ether oxygens (including phenoxy) is 1. The SMILES string of the molecule is CC(C)(C)OC(=O)N1CC2CC1CN2c1ncnc2c(-c3ccc(Cl)cc3)n(-c3ccc(Cl)cc3Cl)nc12. The molecule has 1 amide bonds. The van der Waals surface area contributed by atoms with Gasteiger partial charge in [0.25, 0.3) is 0 Å². The van der Waals surface area contributed by atoms with E-state index in [-0.39, 0.29) is 18.2 Å². The number of fused-ring (bicyclic) bond motifs is 3. The summed E-state index contributed by atoms with van der Waals surface area (Å²) in [7, 11) is 0. The summed E-state index contributed by atoms with van der Waals surface area (Å²) in [5.41, 5.74) is 3.13. The molecule has 2 atom stereocenters. The van der Waals surface area contributed by atoms with E-state index in [1.165, 1.54) is 0 Å². The van der Waals surface area contributed by atoms with Crippen LogP contribution in [0.15, 0.2) is 48.8 Å². The lowest BCUT2D eigenvalue weighted by Crippen LogP contribution is -2.50. The molecule has 0 spiro atoms. The van der Waals surface area contributed by atoms with Crippen LogP contribution >= 0.6 is 34.8 Å². The van der Waals surface area contributed by atoms with Crippen molar-refractivity contribution in [1.82, 2.24) is 24.6 Å². The fourth-order valence-electron chi connectivity index (χ4n) is 5.26. The zero-order valence-corrected chi connectivity index (χ0v) is 23.3. The van der Waals surface area contributed by atoms with Crippen molar-refractivity contribution in [1.29, 1.82) is 0 Å². The van der Waals surface area contributed by atoms with Gasteiger partial charge in [-0.1, -0.05) is 46.9 Å². The predicted molar refractivity (Wildman–Crippen MR) is 150 cm³/mol. The fraction of sp³-hybridized carbons (Fsp3) is 0.333. The van der Waals surface area contributed by atoms with E-state index in [0.29, 0.717) is 44.9 Å². The third kappa shape index (κ3) is 4.44. The summed E-state index contributed by atoms with van der Waals surface area (Å²) in [6.07, 6.45) is 2.13. The molecule has 196 valence electrons. The number of amides is 1. The molecule has 2 fully saturated rings. The maximum Gasteiger partial charge on any atom is 0.410 e. The van der Waals surface area contributed by atoms with E-state index in [0.717, 1.165) is 23.5 Å². The molecule has 2 bridgehead atoms. The van der Waals surface area contributed by atoms with Crippen molar-refractivity contribution in [2.24, 2.45) is 0 Å². The number of anilines is 1. The number of benzene rings is 2. The minimum absolute atomic E-state index is 0.0448. The third-order valence-corrected chi connectivity index (χ3v) is 7.63. The van der Waals surface area contributed by atoms with Crippen molar-refractivity contribution in [3.05, 3.63) is 63.9 Å². The smallest absolute Gasteiger partial charge is 0.410 e. The number of aromatic nitrogens is 4. The number of likely N-dealkylation sites (tertiary alicyclic amines) is 1. The van der Waals surface area contributed by atoms with Crippen molar-refractivity contribution in [2.75, 3.05) is 18.0 Å². The van der Waals surface area contributed by atoms with Crippen molar-refractivity contribution >= 4 is 57.7 Å². The van der Waals surface area contributed by atoms with E-state index in [2.05, 4.69) is 14.9 Å². The van der Waals surface area contributed by atoms with Gasteiger partial charge in [0.1, 0.15) is 23.1 Å². The van der Waals surface area contributed by atoms with Crippen LogP contribution in [0.5, 0.6) is 0 Å². The zero-order chi connectivity index (χ0) is 26.8. The van der Waals surface area contributed by atoms with Crippen LogP contribution in [-0.4, -0.2) is 61.5 Å². The van der Waals surface area contributed by atoms with Crippen LogP contribution in [-0.2, 0) is 4.74 Å². The number of carbonyl (C=O) groups is 1. The molecule has 2 aliphatic heterocycles. The molecule has 38 heavy (non-hydrogen) atoms. The molecule has 0 radical (unpaired) electrons. The molecule has 2 aromatic carbocycles. The maximum absolute atomic E-state index is 12.8. The summed E-state index contributed by atoms with van der Waals surface area (Å²) in [5.74, 6) is 0.727. The summed E-state index contributed by atoms with van der Waals surface area (Å²) < 4.78 is 7.41. The summed E-state index contributed by atoms with van der Waals surface area (Å²) in [5, 5.41) is 6.61. The first kappa shape index (κ1) is 25.2. The molecule has 4 heterocycles. The van der Waals surface area contributed by atoms with E-state index < -0.39 is 5.60 Å². The molecule has 6 rings (SSSR count). The normalized spacial score (nSPS) is 19.0. The average molecular weight is 572 g/mol. The maximum atomic E-state index is 12.8. The lowest BCUT2D eigenvalue weighted by molar-refractivity contribution is 0.0214. The van der Waals surface area contributed by atoms with Gasteiger partial charge in [0, 0.05) is 28.7 Å². The molecule has 0 N–H and O–H groups in total. The molecule has 4 aromatic rings. The molecule has 0 aliphatic carbocycles. The Balaban J connectivity index is 1.43. The predicted octanol–water partition coefficient (Wildman–Crippen LogP) is 6.64. The Morgan fingerprint density at radius 3 is 2.34 bits per heavy atom. The highest BCUT2D eigenvalue weighted by Crippen LogP contribution is 2.40. The quantitative estimate of drug-likeness (QED) is 0.274. The second kappa shape index (κ2) is 9.29. The molecular weight excluding hydrogens is 547 g/mol. The Labute approximate surface area is 235 Å². The second-order valence-corrected chi connectivity index (χ2v) is 11.9. The Morgan fingerprint density at radius 1 is 0.947 bits per heavy atom. The first-order valence-electron chi connectivity index (χ1n) is 12.3. The van der Waals surface area contributed by atoms with E-state index in [9.17, 15) is 4.79 Å². The average Bonchev–Trinajstić information content (AvgIpc) is 3.56. The van der Waals surface area contributed by atoms with Crippen LogP contribution in [0.3, 0.4) is 0 Å². The molecule has 11 heteroatoms. The van der Waals surface area contributed by atoms with Crippen LogP contribution in [0.2, 0.25) is 15.1 Å². The lowest BCUT2D eigenvalue weighted by Gasteiger charge is -2.35. The molecule has 2 aliphatic rings. The number of carbonyl (C=O) groups excluding carboxylic acids is 1. The fourth-order valence-corrected chi connectivity index (χ4v) is 5.87. The van der Waals surface area contributed by atoms with Gasteiger partial charge in [-0.25, -0.2) is 19.4 Å². The van der Waals surface area contributed by atoms with Gasteiger partial charge in [-0.2, -0.15) is 5.10 Å². The number of nitrogens with zero attached hydrogens (tertiary/aromatic N) is 6. The van der Waals surface area contributed by atoms with Gasteiger partial charge in [0.05, 0.1) is 22.8 Å². The van der Waals surface area contributed by atoms with Crippen LogP contribution in [0, 0.1) is 0 Å². The van der Waals surface area contributed by atoms with Gasteiger partial charge in [0.2, 0.25) is 0 Å². The summed E-state index contributed by atoms with van der Waals surface area (Å²) in [6, 6.07) is 13.0. The number of piperazine rings is 1. The highest BCUT2D eigenvalue weighted by Gasteiger charge is 2.47. The van der Waals surface area contributed by atoms with E-state index in [1.54, 1.807) is 23.1 Å². The third-order valence-electron chi connectivity index (χ3n) is 6.84. The molecular formula is C27H25Cl3N6O2. The van der Waals surface area contributed by atoms with Gasteiger partial charge in [-0.3, -0.25) is 0 Å². The Hall–Kier alpha value is -3.07. The van der Waals surface area contributed by atoms with E-state index in [1.807, 2.05) is 56.0 Å². The molecule has 8 nitrogen and oxygen atoms in total. The first-order chi connectivity index (χ1) is 18.1. The second-order valence-electron chi connectivity index (χ2n) is 10.6. The first-order valence-corrected chi connectivity index (χ1v) is 13.4. The van der Waals surface area contributed by atoms with Crippen molar-refractivity contribution in [3.63, 3.8) is 0 Å². The number of halogens is 3. The van der Waals surface area contributed by atoms with Crippen LogP contribution in [0.1, 0.15) is 27.2 Å². The number of rotatable bonds is 3. The highest BCUT2D eigenvalue weighted by molar-refractivity contribution is 6.35. The lowest BCUT2D eigenvalue weighted by atomic mass is 10.1. The van der Waals surface area contributed by atoms with E-state index >= 15 is 0 Å². The van der Waals surface area contributed by atoms with Crippen LogP contribution < -0.4 is 4.90 Å². The molecule has 0 saturated carbocycles. The minimum atomic E-state index is -0.536. The largest absolute Gasteiger partial charge is 0.444 e. The summed E-state index contributed by atoms with van der Waals surface area (Å²) in [4.78, 5) is 26.1. The van der Waals surface area contributed by atoms with Crippen molar-refractivity contribution in [2.45, 2.75) is 44.9 Å². The molecule has 2 aromatic heterocycles. The monoisotopic (exact) mass is 570 g/mol. The Morgan fingerprint density at radius 2 is 1.68 bits per heavy atom. The summed E-state index contributed by atoms with van der Waals surface area (Å²) in [6.45, 7) is 6.85. The Kier molecular flexibility index (Phi) is 6.17. The van der Waals surface area contributed by atoms with E-state index in [4.69, 9.17) is 44.6 Å². The molecule has 2 unspecified atom stereocenters. The van der Waals surface area contributed by atoms with Crippen molar-refractivity contribution < 1.29 is 9.53 Å². The standard InChI is InChI=1S/C27H25Cl3N6O2/c1-27(2,3)38-26(37)35-13-18-11-19(35)12-34(18)25-23-22(31-14-32-25)24(15-4-6-16(28)7-5-15)36(33-23)21-9-8-17(29)10-20(21)30/h4-10,14,18-19H,11-13H2,1-3H3. The topological polar surface area (TPSA) is 76.4 Å².